The average Bonchev–Trinajstić information content (AvgIpc) is 3.18. The lowest BCUT2D eigenvalue weighted by Crippen LogP contribution is -2.46. The zero-order valence-electron chi connectivity index (χ0n) is 14.7. The van der Waals surface area contributed by atoms with E-state index >= 15 is 0 Å². The van der Waals surface area contributed by atoms with Crippen LogP contribution in [0, 0.1) is 11.3 Å². The minimum Gasteiger partial charge on any atom is -0.472 e. The molecule has 4 rings (SSSR count). The van der Waals surface area contributed by atoms with Gasteiger partial charge < -0.3 is 13.9 Å². The molecule has 0 spiro atoms. The normalized spacial score (nSPS) is 15.3. The lowest BCUT2D eigenvalue weighted by molar-refractivity contribution is 0.249. The number of nitrogens with zero attached hydrogens (tertiary/aromatic N) is 4. The molecule has 0 N–H and O–H groups in total. The molecule has 0 bridgehead atoms. The van der Waals surface area contributed by atoms with Gasteiger partial charge in [0, 0.05) is 50.7 Å². The van der Waals surface area contributed by atoms with Crippen LogP contribution in [0.3, 0.4) is 0 Å². The van der Waals surface area contributed by atoms with Crippen LogP contribution in [0.15, 0.2) is 52.1 Å². The van der Waals surface area contributed by atoms with Crippen LogP contribution in [-0.2, 0) is 13.6 Å². The number of fused-ring (bicyclic) bond motifs is 1. The molecule has 0 saturated carbocycles. The van der Waals surface area contributed by atoms with Crippen LogP contribution in [0.1, 0.15) is 11.1 Å². The van der Waals surface area contributed by atoms with Gasteiger partial charge in [-0.3, -0.25) is 9.69 Å². The van der Waals surface area contributed by atoms with Crippen molar-refractivity contribution in [2.45, 2.75) is 6.54 Å². The monoisotopic (exact) mass is 348 g/mol. The van der Waals surface area contributed by atoms with Crippen molar-refractivity contribution in [1.82, 2.24) is 9.47 Å². The summed E-state index contributed by atoms with van der Waals surface area (Å²) in [4.78, 5) is 17.2. The summed E-state index contributed by atoms with van der Waals surface area (Å²) >= 11 is 0. The summed E-state index contributed by atoms with van der Waals surface area (Å²) < 4.78 is 6.70. The molecule has 26 heavy (non-hydrogen) atoms. The van der Waals surface area contributed by atoms with Crippen LogP contribution < -0.4 is 10.5 Å². The molecule has 0 radical (unpaired) electrons. The number of piperazine rings is 1. The summed E-state index contributed by atoms with van der Waals surface area (Å²) in [7, 11) is 1.72. The second-order valence-electron chi connectivity index (χ2n) is 6.61. The van der Waals surface area contributed by atoms with Gasteiger partial charge in [0.1, 0.15) is 11.6 Å². The smallest absolute Gasteiger partial charge is 0.270 e. The van der Waals surface area contributed by atoms with Gasteiger partial charge in [0.25, 0.3) is 5.56 Å². The highest BCUT2D eigenvalue weighted by atomic mass is 16.3. The van der Waals surface area contributed by atoms with Crippen LogP contribution >= 0.6 is 0 Å². The molecule has 0 unspecified atom stereocenters. The molecule has 0 atom stereocenters. The summed E-state index contributed by atoms with van der Waals surface area (Å²) in [6, 6.07) is 11.9. The Labute approximate surface area is 151 Å². The molecule has 1 aliphatic heterocycles. The number of benzene rings is 1. The van der Waals surface area contributed by atoms with Crippen LogP contribution in [0.4, 0.5) is 5.69 Å². The van der Waals surface area contributed by atoms with E-state index in [4.69, 9.17) is 4.42 Å². The molecule has 6 heteroatoms. The van der Waals surface area contributed by atoms with Crippen molar-refractivity contribution in [3.8, 4) is 6.07 Å². The highest BCUT2D eigenvalue weighted by Gasteiger charge is 2.24. The number of pyridine rings is 1. The van der Waals surface area contributed by atoms with Crippen molar-refractivity contribution < 1.29 is 4.42 Å². The van der Waals surface area contributed by atoms with Crippen LogP contribution in [0.2, 0.25) is 0 Å². The Hall–Kier alpha value is -3.04. The fourth-order valence-electron chi connectivity index (χ4n) is 3.68. The molecular formula is C20H20N4O2. The molecule has 1 aromatic carbocycles. The second-order valence-corrected chi connectivity index (χ2v) is 6.61. The standard InChI is InChI=1S/C20H20N4O2/c1-22-18-5-3-2-4-16(18)19(17(12-21)20(22)25)24-9-7-23(8-10-24)13-15-6-11-26-14-15/h2-6,11,14H,7-10,13H2,1H3. The van der Waals surface area contributed by atoms with E-state index in [1.807, 2.05) is 30.3 Å². The number of aryl methyl sites for hydroxylation is 1. The van der Waals surface area contributed by atoms with Crippen LogP contribution in [0.5, 0.6) is 0 Å². The van der Waals surface area contributed by atoms with Crippen molar-refractivity contribution in [1.29, 1.82) is 5.26 Å². The maximum atomic E-state index is 12.6. The first-order chi connectivity index (χ1) is 12.7. The highest BCUT2D eigenvalue weighted by Crippen LogP contribution is 2.29. The lowest BCUT2D eigenvalue weighted by Gasteiger charge is -2.36. The van der Waals surface area contributed by atoms with Gasteiger partial charge in [-0.05, 0) is 12.1 Å². The van der Waals surface area contributed by atoms with Crippen molar-refractivity contribution in [2.24, 2.45) is 7.05 Å². The largest absolute Gasteiger partial charge is 0.472 e. The number of hydrogen-bond acceptors (Lipinski definition) is 5. The zero-order chi connectivity index (χ0) is 18.1. The first kappa shape index (κ1) is 16.4. The third kappa shape index (κ3) is 2.76. The number of hydrogen-bond donors (Lipinski definition) is 0. The van der Waals surface area contributed by atoms with Crippen molar-refractivity contribution in [2.75, 3.05) is 31.1 Å². The van der Waals surface area contributed by atoms with Gasteiger partial charge in [0.2, 0.25) is 0 Å². The van der Waals surface area contributed by atoms with Gasteiger partial charge >= 0.3 is 0 Å². The first-order valence-corrected chi connectivity index (χ1v) is 8.69. The molecule has 3 aromatic rings. The van der Waals surface area contributed by atoms with Crippen LogP contribution in [0.25, 0.3) is 10.9 Å². The number of aromatic nitrogens is 1. The summed E-state index contributed by atoms with van der Waals surface area (Å²) in [6.07, 6.45) is 3.46. The van der Waals surface area contributed by atoms with E-state index in [9.17, 15) is 10.1 Å². The van der Waals surface area contributed by atoms with E-state index in [2.05, 4.69) is 15.9 Å². The third-order valence-corrected chi connectivity index (χ3v) is 5.06. The number of anilines is 1. The molecule has 2 aromatic heterocycles. The predicted octanol–water partition coefficient (Wildman–Crippen LogP) is 2.33. The Morgan fingerprint density at radius 1 is 1.15 bits per heavy atom. The van der Waals surface area contributed by atoms with E-state index in [1.54, 1.807) is 24.1 Å². The Balaban J connectivity index is 1.66. The molecule has 0 amide bonds. The van der Waals surface area contributed by atoms with Gasteiger partial charge in [-0.25, -0.2) is 0 Å². The minimum atomic E-state index is -0.234. The molecule has 3 heterocycles. The van der Waals surface area contributed by atoms with Crippen molar-refractivity contribution in [3.05, 3.63) is 64.3 Å². The Kier molecular flexibility index (Phi) is 4.23. The number of furan rings is 1. The zero-order valence-corrected chi connectivity index (χ0v) is 14.7. The summed E-state index contributed by atoms with van der Waals surface area (Å²) in [5, 5.41) is 10.6. The fourth-order valence-corrected chi connectivity index (χ4v) is 3.68. The van der Waals surface area contributed by atoms with Gasteiger partial charge in [-0.1, -0.05) is 18.2 Å². The Morgan fingerprint density at radius 2 is 1.92 bits per heavy atom. The molecule has 0 aliphatic carbocycles. The topological polar surface area (TPSA) is 65.4 Å². The van der Waals surface area contributed by atoms with E-state index < -0.39 is 0 Å². The summed E-state index contributed by atoms with van der Waals surface area (Å²) in [5.41, 5.74) is 2.79. The first-order valence-electron chi connectivity index (χ1n) is 8.69. The number of rotatable bonds is 3. The van der Waals surface area contributed by atoms with E-state index in [0.717, 1.165) is 54.9 Å². The number of nitriles is 1. The van der Waals surface area contributed by atoms with Gasteiger partial charge in [0.05, 0.1) is 23.7 Å². The maximum absolute atomic E-state index is 12.6. The minimum absolute atomic E-state index is 0.231. The Morgan fingerprint density at radius 3 is 2.62 bits per heavy atom. The van der Waals surface area contributed by atoms with Crippen molar-refractivity contribution in [3.63, 3.8) is 0 Å². The summed E-state index contributed by atoms with van der Waals surface area (Å²) in [6.45, 7) is 4.17. The molecule has 1 saturated heterocycles. The van der Waals surface area contributed by atoms with Crippen molar-refractivity contribution >= 4 is 16.6 Å². The quantitative estimate of drug-likeness (QED) is 0.727. The van der Waals surface area contributed by atoms with E-state index in [0.29, 0.717) is 0 Å². The summed E-state index contributed by atoms with van der Waals surface area (Å²) in [5.74, 6) is 0. The molecule has 132 valence electrons. The predicted molar refractivity (Wildman–Crippen MR) is 100 cm³/mol. The third-order valence-electron chi connectivity index (χ3n) is 5.06. The number of para-hydroxylation sites is 1. The average molecular weight is 348 g/mol. The van der Waals surface area contributed by atoms with Gasteiger partial charge in [-0.15, -0.1) is 0 Å². The SMILES string of the molecule is Cn1c(=O)c(C#N)c(N2CCN(Cc3ccoc3)CC2)c2ccccc21. The molecule has 6 nitrogen and oxygen atoms in total. The lowest BCUT2D eigenvalue weighted by atomic mass is 10.1. The van der Waals surface area contributed by atoms with E-state index in [-0.39, 0.29) is 11.1 Å². The van der Waals surface area contributed by atoms with Gasteiger partial charge in [-0.2, -0.15) is 5.26 Å². The second kappa shape index (κ2) is 6.70. The van der Waals surface area contributed by atoms with Crippen LogP contribution in [-0.4, -0.2) is 35.6 Å². The fraction of sp³-hybridized carbons (Fsp3) is 0.300. The highest BCUT2D eigenvalue weighted by molar-refractivity contribution is 5.94. The molecular weight excluding hydrogens is 328 g/mol. The van der Waals surface area contributed by atoms with Gasteiger partial charge in [0.15, 0.2) is 0 Å². The molecule has 1 fully saturated rings. The maximum Gasteiger partial charge on any atom is 0.270 e. The molecule has 1 aliphatic rings. The Bertz CT molecular complexity index is 1020. The van der Waals surface area contributed by atoms with E-state index in [1.165, 1.54) is 0 Å².